The molecule has 1 N–H and O–H groups in total. The summed E-state index contributed by atoms with van der Waals surface area (Å²) in [6.07, 6.45) is 11.5. The monoisotopic (exact) mass is 238 g/mol. The number of hydrogen-bond acceptors (Lipinski definition) is 1. The predicted molar refractivity (Wildman–Crippen MR) is 65.9 cm³/mol. The van der Waals surface area contributed by atoms with Gasteiger partial charge in [0.15, 0.2) is 0 Å². The number of carbonyl (C=O) groups is 1. The molecule has 0 radical (unpaired) electrons. The second kappa shape index (κ2) is 17.9. The van der Waals surface area contributed by atoms with E-state index < -0.39 is 5.97 Å². The van der Waals surface area contributed by atoms with E-state index in [4.69, 9.17) is 5.11 Å². The summed E-state index contributed by atoms with van der Waals surface area (Å²) < 4.78 is 0. The fraction of sp³-hybridized carbons (Fsp3) is 0.846. The number of rotatable bonds is 10. The van der Waals surface area contributed by atoms with E-state index in [9.17, 15) is 4.79 Å². The fourth-order valence-electron chi connectivity index (χ4n) is 1.59. The Morgan fingerprint density at radius 3 is 1.62 bits per heavy atom. The summed E-state index contributed by atoms with van der Waals surface area (Å²) in [5, 5.41) is 8.41. The minimum Gasteiger partial charge on any atom is -0.481 e. The Labute approximate surface area is 123 Å². The first-order valence-corrected chi connectivity index (χ1v) is 5.99. The molecule has 16 heavy (non-hydrogen) atoms. The maximum atomic E-state index is 10.2. The topological polar surface area (TPSA) is 37.3 Å². The molecular weight excluding hydrogens is 211 g/mol. The first-order valence-electron chi connectivity index (χ1n) is 5.99. The number of aliphatic carboxylic acids is 1. The molecule has 0 fully saturated rings. The third-order valence-electron chi connectivity index (χ3n) is 2.49. The summed E-state index contributed by atoms with van der Waals surface area (Å²) in [4.78, 5) is 10.2. The summed E-state index contributed by atoms with van der Waals surface area (Å²) in [6, 6.07) is 0. The number of unbranched alkanes of at least 4 members (excludes halogenated alkanes) is 8. The SMILES string of the molecule is CCCCCCCCCCCC(=O)O.[CH3-].[Na+]. The van der Waals surface area contributed by atoms with E-state index in [1.165, 1.54) is 44.9 Å². The zero-order valence-electron chi connectivity index (χ0n) is 11.4. The quantitative estimate of drug-likeness (QED) is 0.355. The first-order chi connectivity index (χ1) is 6.77. The molecule has 2 nitrogen and oxygen atoms in total. The molecule has 0 aliphatic carbocycles. The Morgan fingerprint density at radius 2 is 1.25 bits per heavy atom. The van der Waals surface area contributed by atoms with Crippen molar-refractivity contribution in [2.24, 2.45) is 0 Å². The van der Waals surface area contributed by atoms with Gasteiger partial charge in [0.25, 0.3) is 0 Å². The van der Waals surface area contributed by atoms with Crippen LogP contribution in [-0.4, -0.2) is 11.1 Å². The molecule has 92 valence electrons. The van der Waals surface area contributed by atoms with Crippen molar-refractivity contribution in [2.45, 2.75) is 71.1 Å². The average molecular weight is 238 g/mol. The van der Waals surface area contributed by atoms with Crippen LogP contribution in [-0.2, 0) is 4.79 Å². The van der Waals surface area contributed by atoms with Crippen LogP contribution in [0.3, 0.4) is 0 Å². The normalized spacial score (nSPS) is 9.06. The van der Waals surface area contributed by atoms with Crippen LogP contribution < -0.4 is 29.6 Å². The molecule has 0 rings (SSSR count). The Morgan fingerprint density at radius 1 is 0.875 bits per heavy atom. The van der Waals surface area contributed by atoms with Crippen molar-refractivity contribution in [3.05, 3.63) is 7.43 Å². The Hall–Kier alpha value is 0.470. The number of carboxylic acid groups (broad SMARTS) is 1. The summed E-state index contributed by atoms with van der Waals surface area (Å²) in [7, 11) is 0. The number of carboxylic acids is 1. The van der Waals surface area contributed by atoms with Crippen LogP contribution in [0.5, 0.6) is 0 Å². The van der Waals surface area contributed by atoms with Crippen LogP contribution >= 0.6 is 0 Å². The van der Waals surface area contributed by atoms with Gasteiger partial charge < -0.3 is 12.5 Å². The van der Waals surface area contributed by atoms with E-state index in [-0.39, 0.29) is 37.0 Å². The third-order valence-corrected chi connectivity index (χ3v) is 2.49. The molecule has 0 bridgehead atoms. The van der Waals surface area contributed by atoms with Crippen molar-refractivity contribution in [3.8, 4) is 0 Å². The maximum Gasteiger partial charge on any atom is 1.00 e. The Balaban J connectivity index is -0.000000845. The minimum absolute atomic E-state index is 0. The third kappa shape index (κ3) is 20.0. The van der Waals surface area contributed by atoms with Crippen LogP contribution in [0.15, 0.2) is 0 Å². The summed E-state index contributed by atoms with van der Waals surface area (Å²) >= 11 is 0. The van der Waals surface area contributed by atoms with E-state index in [0.29, 0.717) is 6.42 Å². The fourth-order valence-corrected chi connectivity index (χ4v) is 1.59. The molecule has 0 heterocycles. The standard InChI is InChI=1S/C12H24O2.CH3.Na/c1-2-3-4-5-6-7-8-9-10-11-12(13)14;;/h2-11H2,1H3,(H,13,14);1H3;/q;-1;+1. The van der Waals surface area contributed by atoms with Crippen molar-refractivity contribution in [1.29, 1.82) is 0 Å². The molecule has 0 saturated heterocycles. The van der Waals surface area contributed by atoms with Gasteiger partial charge >= 0.3 is 35.5 Å². The zero-order chi connectivity index (χ0) is 10.6. The van der Waals surface area contributed by atoms with E-state index in [1.807, 2.05) is 0 Å². The second-order valence-electron chi connectivity index (χ2n) is 3.97. The van der Waals surface area contributed by atoms with Crippen molar-refractivity contribution >= 4 is 5.97 Å². The zero-order valence-corrected chi connectivity index (χ0v) is 13.4. The van der Waals surface area contributed by atoms with Crippen molar-refractivity contribution in [2.75, 3.05) is 0 Å². The molecule has 0 aliphatic rings. The van der Waals surface area contributed by atoms with Gasteiger partial charge in [0, 0.05) is 6.42 Å². The van der Waals surface area contributed by atoms with E-state index in [2.05, 4.69) is 6.92 Å². The summed E-state index contributed by atoms with van der Waals surface area (Å²) in [5.41, 5.74) is 0. The van der Waals surface area contributed by atoms with Gasteiger partial charge in [-0.3, -0.25) is 4.79 Å². The first kappa shape index (κ1) is 21.7. The molecule has 0 aromatic carbocycles. The van der Waals surface area contributed by atoms with Crippen LogP contribution in [0.1, 0.15) is 71.1 Å². The molecule has 0 amide bonds. The molecular formula is C13H27NaO2. The van der Waals surface area contributed by atoms with Crippen molar-refractivity contribution in [1.82, 2.24) is 0 Å². The maximum absolute atomic E-state index is 10.2. The molecule has 0 unspecified atom stereocenters. The van der Waals surface area contributed by atoms with Gasteiger partial charge in [-0.05, 0) is 6.42 Å². The van der Waals surface area contributed by atoms with E-state index >= 15 is 0 Å². The van der Waals surface area contributed by atoms with Crippen molar-refractivity contribution in [3.63, 3.8) is 0 Å². The summed E-state index contributed by atoms with van der Waals surface area (Å²) in [5.74, 6) is -0.659. The second-order valence-corrected chi connectivity index (χ2v) is 3.97. The van der Waals surface area contributed by atoms with Crippen LogP contribution in [0, 0.1) is 7.43 Å². The van der Waals surface area contributed by atoms with Crippen LogP contribution in [0.4, 0.5) is 0 Å². The van der Waals surface area contributed by atoms with Gasteiger partial charge in [0.05, 0.1) is 0 Å². The van der Waals surface area contributed by atoms with Crippen LogP contribution in [0.2, 0.25) is 0 Å². The van der Waals surface area contributed by atoms with Gasteiger partial charge in [0.2, 0.25) is 0 Å². The largest absolute Gasteiger partial charge is 1.00 e. The van der Waals surface area contributed by atoms with Gasteiger partial charge in [-0.15, -0.1) is 0 Å². The molecule has 0 saturated carbocycles. The van der Waals surface area contributed by atoms with Crippen molar-refractivity contribution < 1.29 is 39.5 Å². The van der Waals surface area contributed by atoms with E-state index in [1.54, 1.807) is 0 Å². The van der Waals surface area contributed by atoms with Gasteiger partial charge in [-0.2, -0.15) is 0 Å². The van der Waals surface area contributed by atoms with Gasteiger partial charge in [-0.1, -0.05) is 58.3 Å². The number of hydrogen-bond donors (Lipinski definition) is 1. The Kier molecular flexibility index (Phi) is 24.2. The van der Waals surface area contributed by atoms with Gasteiger partial charge in [0.1, 0.15) is 0 Å². The van der Waals surface area contributed by atoms with Crippen LogP contribution in [0.25, 0.3) is 0 Å². The molecule has 0 aromatic rings. The smallest absolute Gasteiger partial charge is 0.481 e. The molecule has 3 heteroatoms. The van der Waals surface area contributed by atoms with Gasteiger partial charge in [-0.25, -0.2) is 0 Å². The van der Waals surface area contributed by atoms with E-state index in [0.717, 1.165) is 12.8 Å². The predicted octanol–water partition coefficient (Wildman–Crippen LogP) is 1.45. The molecule has 0 spiro atoms. The molecule has 0 aromatic heterocycles. The Bertz CT molecular complexity index is 138. The molecule has 0 aliphatic heterocycles. The average Bonchev–Trinajstić information content (AvgIpc) is 2.15. The summed E-state index contributed by atoms with van der Waals surface area (Å²) in [6.45, 7) is 2.23. The minimum atomic E-state index is -0.659. The molecule has 0 atom stereocenters.